The summed E-state index contributed by atoms with van der Waals surface area (Å²) in [5.74, 6) is -0.269. The molecule has 2 N–H and O–H groups in total. The fourth-order valence-electron chi connectivity index (χ4n) is 2.28. The van der Waals surface area contributed by atoms with Crippen LogP contribution in [0.3, 0.4) is 0 Å². The number of anilines is 1. The molecule has 0 aliphatic rings. The zero-order valence-electron chi connectivity index (χ0n) is 12.3. The standard InChI is InChI=1S/C14H13N5O4S/c20-19(21)14-4-2-1-3-10(14)7-8-24(22,23)17-11-5-6-12-13(9-11)16-18-15-12/h1-6,9,17H,7-8H2,(H,15,16,18). The van der Waals surface area contributed by atoms with Crippen LogP contribution in [0.2, 0.25) is 0 Å². The van der Waals surface area contributed by atoms with E-state index in [4.69, 9.17) is 0 Å². The Bertz CT molecular complexity index is 999. The molecular formula is C14H13N5O4S. The van der Waals surface area contributed by atoms with Crippen molar-refractivity contribution in [3.05, 3.63) is 58.1 Å². The highest BCUT2D eigenvalue weighted by atomic mass is 32.2. The number of H-pyrrole nitrogens is 1. The van der Waals surface area contributed by atoms with Crippen molar-refractivity contribution in [1.82, 2.24) is 15.4 Å². The maximum Gasteiger partial charge on any atom is 0.272 e. The molecule has 124 valence electrons. The van der Waals surface area contributed by atoms with Crippen LogP contribution >= 0.6 is 0 Å². The van der Waals surface area contributed by atoms with Gasteiger partial charge in [-0.15, -0.1) is 0 Å². The Hall–Kier alpha value is -3.01. The van der Waals surface area contributed by atoms with E-state index in [1.54, 1.807) is 36.4 Å². The minimum absolute atomic E-state index is 0.0404. The molecule has 0 bridgehead atoms. The van der Waals surface area contributed by atoms with E-state index in [0.29, 0.717) is 22.3 Å². The third kappa shape index (κ3) is 3.49. The van der Waals surface area contributed by atoms with Crippen LogP contribution < -0.4 is 4.72 Å². The van der Waals surface area contributed by atoms with Gasteiger partial charge in [0.1, 0.15) is 11.0 Å². The molecule has 0 saturated carbocycles. The van der Waals surface area contributed by atoms with Crippen molar-refractivity contribution in [2.75, 3.05) is 10.5 Å². The lowest BCUT2D eigenvalue weighted by molar-refractivity contribution is -0.385. The second-order valence-electron chi connectivity index (χ2n) is 5.08. The van der Waals surface area contributed by atoms with Gasteiger partial charge in [-0.2, -0.15) is 15.4 Å². The fourth-order valence-corrected chi connectivity index (χ4v) is 3.36. The summed E-state index contributed by atoms with van der Waals surface area (Å²) in [6, 6.07) is 10.9. The van der Waals surface area contributed by atoms with Gasteiger partial charge in [0.2, 0.25) is 10.0 Å². The molecule has 0 amide bonds. The van der Waals surface area contributed by atoms with Crippen molar-refractivity contribution in [3.8, 4) is 0 Å². The summed E-state index contributed by atoms with van der Waals surface area (Å²) in [6.45, 7) is 0. The van der Waals surface area contributed by atoms with E-state index in [9.17, 15) is 18.5 Å². The molecule has 0 saturated heterocycles. The number of sulfonamides is 1. The number of benzene rings is 2. The van der Waals surface area contributed by atoms with Crippen molar-refractivity contribution >= 4 is 32.4 Å². The first-order valence-corrected chi connectivity index (χ1v) is 8.63. The average molecular weight is 347 g/mol. The Morgan fingerprint density at radius 1 is 1.12 bits per heavy atom. The van der Waals surface area contributed by atoms with E-state index in [2.05, 4.69) is 20.1 Å². The van der Waals surface area contributed by atoms with E-state index >= 15 is 0 Å². The highest BCUT2D eigenvalue weighted by Gasteiger charge is 2.17. The Morgan fingerprint density at radius 3 is 2.67 bits per heavy atom. The first-order valence-electron chi connectivity index (χ1n) is 6.98. The number of hydrogen-bond donors (Lipinski definition) is 2. The Kier molecular flexibility index (Phi) is 4.13. The number of hydrogen-bond acceptors (Lipinski definition) is 6. The summed E-state index contributed by atoms with van der Waals surface area (Å²) in [7, 11) is -3.66. The number of nitrogens with one attached hydrogen (secondary N) is 2. The third-order valence-corrected chi connectivity index (χ3v) is 4.71. The van der Waals surface area contributed by atoms with Gasteiger partial charge in [-0.25, -0.2) is 8.42 Å². The minimum Gasteiger partial charge on any atom is -0.283 e. The molecule has 3 rings (SSSR count). The third-order valence-electron chi connectivity index (χ3n) is 3.42. The summed E-state index contributed by atoms with van der Waals surface area (Å²) in [4.78, 5) is 10.4. The maximum atomic E-state index is 12.2. The summed E-state index contributed by atoms with van der Waals surface area (Å²) in [5.41, 5.74) is 1.81. The van der Waals surface area contributed by atoms with Crippen LogP contribution in [-0.4, -0.2) is 34.5 Å². The largest absolute Gasteiger partial charge is 0.283 e. The first-order chi connectivity index (χ1) is 11.4. The second kappa shape index (κ2) is 6.24. The van der Waals surface area contributed by atoms with Crippen LogP contribution in [0.4, 0.5) is 11.4 Å². The summed E-state index contributed by atoms with van der Waals surface area (Å²) >= 11 is 0. The van der Waals surface area contributed by atoms with E-state index in [1.165, 1.54) is 6.07 Å². The van der Waals surface area contributed by atoms with Gasteiger partial charge in [-0.1, -0.05) is 18.2 Å². The number of aromatic nitrogens is 3. The average Bonchev–Trinajstić information content (AvgIpc) is 3.00. The van der Waals surface area contributed by atoms with Gasteiger partial charge in [0.15, 0.2) is 0 Å². The topological polar surface area (TPSA) is 131 Å². The van der Waals surface area contributed by atoms with Gasteiger partial charge in [-0.3, -0.25) is 14.8 Å². The van der Waals surface area contributed by atoms with Gasteiger partial charge in [0, 0.05) is 11.6 Å². The quantitative estimate of drug-likeness (QED) is 0.517. The molecule has 0 radical (unpaired) electrons. The van der Waals surface area contributed by atoms with Gasteiger partial charge < -0.3 is 0 Å². The molecule has 1 aromatic heterocycles. The number of fused-ring (bicyclic) bond motifs is 1. The number of nitro benzene ring substituents is 1. The molecular weight excluding hydrogens is 334 g/mol. The van der Waals surface area contributed by atoms with Crippen molar-refractivity contribution < 1.29 is 13.3 Å². The number of aryl methyl sites for hydroxylation is 1. The van der Waals surface area contributed by atoms with E-state index < -0.39 is 14.9 Å². The Labute approximate surface area is 136 Å². The van der Waals surface area contributed by atoms with Crippen LogP contribution in [0.5, 0.6) is 0 Å². The molecule has 1 heterocycles. The SMILES string of the molecule is O=[N+]([O-])c1ccccc1CCS(=O)(=O)Nc1ccc2n[nH]nc2c1. The summed E-state index contributed by atoms with van der Waals surface area (Å²) in [6.07, 6.45) is 0.0404. The Balaban J connectivity index is 1.73. The fraction of sp³-hybridized carbons (Fsp3) is 0.143. The minimum atomic E-state index is -3.66. The van der Waals surface area contributed by atoms with E-state index in [1.807, 2.05) is 0 Å². The predicted molar refractivity (Wildman–Crippen MR) is 88.1 cm³/mol. The highest BCUT2D eigenvalue weighted by molar-refractivity contribution is 7.92. The molecule has 0 fully saturated rings. The van der Waals surface area contributed by atoms with Crippen LogP contribution in [0.25, 0.3) is 11.0 Å². The van der Waals surface area contributed by atoms with Crippen LogP contribution in [0.1, 0.15) is 5.56 Å². The molecule has 3 aromatic rings. The smallest absolute Gasteiger partial charge is 0.272 e. The lowest BCUT2D eigenvalue weighted by atomic mass is 10.1. The second-order valence-corrected chi connectivity index (χ2v) is 6.93. The van der Waals surface area contributed by atoms with Gasteiger partial charge in [0.25, 0.3) is 5.69 Å². The van der Waals surface area contributed by atoms with Gasteiger partial charge in [0.05, 0.1) is 16.4 Å². The number of nitrogens with zero attached hydrogens (tertiary/aromatic N) is 3. The molecule has 10 heteroatoms. The van der Waals surface area contributed by atoms with E-state index in [-0.39, 0.29) is 17.9 Å². The number of para-hydroxylation sites is 1. The lowest BCUT2D eigenvalue weighted by Gasteiger charge is -2.08. The van der Waals surface area contributed by atoms with Gasteiger partial charge >= 0.3 is 0 Å². The number of rotatable bonds is 6. The molecule has 0 atom stereocenters. The van der Waals surface area contributed by atoms with Crippen LogP contribution in [0, 0.1) is 10.1 Å². The van der Waals surface area contributed by atoms with Crippen molar-refractivity contribution in [1.29, 1.82) is 0 Å². The zero-order valence-corrected chi connectivity index (χ0v) is 13.2. The normalized spacial score (nSPS) is 11.5. The molecule has 0 unspecified atom stereocenters. The number of nitro groups is 1. The lowest BCUT2D eigenvalue weighted by Crippen LogP contribution is -2.18. The van der Waals surface area contributed by atoms with Gasteiger partial charge in [-0.05, 0) is 24.6 Å². The van der Waals surface area contributed by atoms with Crippen LogP contribution in [-0.2, 0) is 16.4 Å². The zero-order chi connectivity index (χ0) is 17.2. The van der Waals surface area contributed by atoms with Crippen LogP contribution in [0.15, 0.2) is 42.5 Å². The molecule has 0 aliphatic heterocycles. The summed E-state index contributed by atoms with van der Waals surface area (Å²) < 4.78 is 26.8. The monoisotopic (exact) mass is 347 g/mol. The van der Waals surface area contributed by atoms with E-state index in [0.717, 1.165) is 0 Å². The molecule has 24 heavy (non-hydrogen) atoms. The maximum absolute atomic E-state index is 12.2. The highest BCUT2D eigenvalue weighted by Crippen LogP contribution is 2.20. The number of aromatic amines is 1. The van der Waals surface area contributed by atoms with Crippen molar-refractivity contribution in [3.63, 3.8) is 0 Å². The molecule has 0 spiro atoms. The van der Waals surface area contributed by atoms with Crippen molar-refractivity contribution in [2.45, 2.75) is 6.42 Å². The molecule has 2 aromatic carbocycles. The molecule has 0 aliphatic carbocycles. The first kappa shape index (κ1) is 15.9. The van der Waals surface area contributed by atoms with Crippen molar-refractivity contribution in [2.24, 2.45) is 0 Å². The Morgan fingerprint density at radius 2 is 1.88 bits per heavy atom. The summed E-state index contributed by atoms with van der Waals surface area (Å²) in [5, 5.41) is 21.2. The molecule has 9 nitrogen and oxygen atoms in total. The predicted octanol–water partition coefficient (Wildman–Crippen LogP) is 1.85.